The molecule has 4 rings (SSSR count). The van der Waals surface area contributed by atoms with Gasteiger partial charge in [-0.15, -0.1) is 0 Å². The number of aryl methyl sites for hydroxylation is 2. The highest BCUT2D eigenvalue weighted by atomic mass is 127. The van der Waals surface area contributed by atoms with Crippen molar-refractivity contribution in [1.82, 2.24) is 4.57 Å². The minimum atomic E-state index is 0.277. The molecule has 0 N–H and O–H groups in total. The standard InChI is InChI=1S/C21H19IN2O2/c1-13-8-18(5-6-19(13)22)24-14(2)9-16(15(24)3)11-23-17-4-7-20-21(10-17)26-12-25-20/h4-11H,12H2,1-3H3. The first-order valence-electron chi connectivity index (χ1n) is 8.42. The van der Waals surface area contributed by atoms with Gasteiger partial charge in [-0.2, -0.15) is 0 Å². The van der Waals surface area contributed by atoms with E-state index in [1.54, 1.807) is 0 Å². The number of ether oxygens (including phenoxy) is 2. The van der Waals surface area contributed by atoms with E-state index >= 15 is 0 Å². The van der Waals surface area contributed by atoms with Crippen molar-refractivity contribution in [3.8, 4) is 17.2 Å². The molecule has 1 aromatic heterocycles. The van der Waals surface area contributed by atoms with Crippen molar-refractivity contribution >= 4 is 34.5 Å². The normalized spacial score (nSPS) is 12.9. The maximum atomic E-state index is 5.42. The molecule has 0 aliphatic carbocycles. The second-order valence-corrected chi connectivity index (χ2v) is 7.55. The number of halogens is 1. The summed E-state index contributed by atoms with van der Waals surface area (Å²) >= 11 is 2.37. The Bertz CT molecular complexity index is 1020. The van der Waals surface area contributed by atoms with Crippen LogP contribution in [0.2, 0.25) is 0 Å². The Morgan fingerprint density at radius 2 is 1.81 bits per heavy atom. The monoisotopic (exact) mass is 458 g/mol. The van der Waals surface area contributed by atoms with Crippen LogP contribution in [0.5, 0.6) is 11.5 Å². The van der Waals surface area contributed by atoms with Gasteiger partial charge in [0.25, 0.3) is 0 Å². The molecule has 0 saturated carbocycles. The maximum absolute atomic E-state index is 5.42. The van der Waals surface area contributed by atoms with Crippen LogP contribution in [0, 0.1) is 24.3 Å². The van der Waals surface area contributed by atoms with Crippen LogP contribution in [0.4, 0.5) is 5.69 Å². The van der Waals surface area contributed by atoms with Crippen molar-refractivity contribution in [2.75, 3.05) is 6.79 Å². The third kappa shape index (κ3) is 3.11. The van der Waals surface area contributed by atoms with Crippen LogP contribution in [-0.2, 0) is 0 Å². The number of aromatic nitrogens is 1. The largest absolute Gasteiger partial charge is 0.454 e. The molecule has 0 fully saturated rings. The Balaban J connectivity index is 1.67. The highest BCUT2D eigenvalue weighted by molar-refractivity contribution is 14.1. The van der Waals surface area contributed by atoms with Crippen LogP contribution in [-0.4, -0.2) is 17.6 Å². The van der Waals surface area contributed by atoms with E-state index in [1.165, 1.54) is 26.2 Å². The van der Waals surface area contributed by atoms with Gasteiger partial charge in [0.1, 0.15) is 0 Å². The van der Waals surface area contributed by atoms with Crippen LogP contribution in [0.1, 0.15) is 22.5 Å². The summed E-state index contributed by atoms with van der Waals surface area (Å²) in [6, 6.07) is 14.4. The molecule has 26 heavy (non-hydrogen) atoms. The van der Waals surface area contributed by atoms with Crippen molar-refractivity contribution in [3.63, 3.8) is 0 Å². The highest BCUT2D eigenvalue weighted by Crippen LogP contribution is 2.35. The average molecular weight is 458 g/mol. The van der Waals surface area contributed by atoms with Gasteiger partial charge in [-0.05, 0) is 85.3 Å². The Morgan fingerprint density at radius 1 is 1.00 bits per heavy atom. The molecule has 0 radical (unpaired) electrons. The SMILES string of the molecule is Cc1cc(-n2c(C)cc(C=Nc3ccc4c(c3)OCO4)c2C)ccc1I. The fraction of sp³-hybridized carbons (Fsp3) is 0.190. The van der Waals surface area contributed by atoms with Crippen LogP contribution >= 0.6 is 22.6 Å². The molecule has 2 aromatic carbocycles. The minimum Gasteiger partial charge on any atom is -0.454 e. The van der Waals surface area contributed by atoms with Crippen LogP contribution < -0.4 is 9.47 Å². The third-order valence-electron chi connectivity index (χ3n) is 4.58. The number of hydrogen-bond donors (Lipinski definition) is 0. The van der Waals surface area contributed by atoms with Crippen LogP contribution in [0.3, 0.4) is 0 Å². The van der Waals surface area contributed by atoms with E-state index in [9.17, 15) is 0 Å². The molecule has 1 aliphatic heterocycles. The van der Waals surface area contributed by atoms with Crippen molar-refractivity contribution < 1.29 is 9.47 Å². The zero-order valence-corrected chi connectivity index (χ0v) is 17.1. The fourth-order valence-corrected chi connectivity index (χ4v) is 3.53. The lowest BCUT2D eigenvalue weighted by Gasteiger charge is -2.11. The molecular formula is C21H19IN2O2. The zero-order chi connectivity index (χ0) is 18.3. The van der Waals surface area contributed by atoms with E-state index in [-0.39, 0.29) is 6.79 Å². The van der Waals surface area contributed by atoms with Gasteiger partial charge in [-0.3, -0.25) is 4.99 Å². The van der Waals surface area contributed by atoms with Gasteiger partial charge < -0.3 is 14.0 Å². The van der Waals surface area contributed by atoms with Gasteiger partial charge in [0.05, 0.1) is 5.69 Å². The summed E-state index contributed by atoms with van der Waals surface area (Å²) in [6.45, 7) is 6.67. The van der Waals surface area contributed by atoms with Crippen molar-refractivity contribution in [2.24, 2.45) is 4.99 Å². The highest BCUT2D eigenvalue weighted by Gasteiger charge is 2.13. The topological polar surface area (TPSA) is 35.8 Å². The molecule has 132 valence electrons. The summed E-state index contributed by atoms with van der Waals surface area (Å²) < 4.78 is 14.3. The second kappa shape index (κ2) is 6.79. The Labute approximate surface area is 166 Å². The smallest absolute Gasteiger partial charge is 0.231 e. The molecule has 0 saturated heterocycles. The van der Waals surface area contributed by atoms with Gasteiger partial charge in [0, 0.05) is 38.5 Å². The minimum absolute atomic E-state index is 0.277. The summed E-state index contributed by atoms with van der Waals surface area (Å²) in [7, 11) is 0. The Kier molecular flexibility index (Phi) is 4.48. The molecule has 4 nitrogen and oxygen atoms in total. The molecule has 0 spiro atoms. The molecule has 0 bridgehead atoms. The van der Waals surface area contributed by atoms with Crippen molar-refractivity contribution in [1.29, 1.82) is 0 Å². The summed E-state index contributed by atoms with van der Waals surface area (Å²) in [5, 5.41) is 0. The average Bonchev–Trinajstić information content (AvgIpc) is 3.19. The summed E-state index contributed by atoms with van der Waals surface area (Å²) in [6.07, 6.45) is 1.91. The first kappa shape index (κ1) is 17.1. The molecular weight excluding hydrogens is 439 g/mol. The van der Waals surface area contributed by atoms with Gasteiger partial charge in [-0.1, -0.05) is 0 Å². The number of hydrogen-bond acceptors (Lipinski definition) is 3. The lowest BCUT2D eigenvalue weighted by Crippen LogP contribution is -2.00. The van der Waals surface area contributed by atoms with Gasteiger partial charge >= 0.3 is 0 Å². The first-order valence-corrected chi connectivity index (χ1v) is 9.50. The van der Waals surface area contributed by atoms with E-state index in [1.807, 2.05) is 24.4 Å². The van der Waals surface area contributed by atoms with Crippen LogP contribution in [0.15, 0.2) is 47.5 Å². The van der Waals surface area contributed by atoms with Crippen molar-refractivity contribution in [3.05, 3.63) is 68.5 Å². The predicted octanol–water partition coefficient (Wildman–Crippen LogP) is 5.49. The number of nitrogens with zero attached hydrogens (tertiary/aromatic N) is 2. The van der Waals surface area contributed by atoms with Crippen molar-refractivity contribution in [2.45, 2.75) is 20.8 Å². The van der Waals surface area contributed by atoms with Crippen LogP contribution in [0.25, 0.3) is 5.69 Å². The lowest BCUT2D eigenvalue weighted by atomic mass is 10.2. The van der Waals surface area contributed by atoms with Gasteiger partial charge in [-0.25, -0.2) is 0 Å². The number of aliphatic imine (C=N–C) groups is 1. The molecule has 3 aromatic rings. The fourth-order valence-electron chi connectivity index (χ4n) is 3.19. The van der Waals surface area contributed by atoms with E-state index in [4.69, 9.17) is 9.47 Å². The van der Waals surface area contributed by atoms with E-state index in [0.717, 1.165) is 22.7 Å². The summed E-state index contributed by atoms with van der Waals surface area (Å²) in [4.78, 5) is 4.62. The predicted molar refractivity (Wildman–Crippen MR) is 113 cm³/mol. The summed E-state index contributed by atoms with van der Waals surface area (Å²) in [5.41, 5.74) is 6.79. The number of rotatable bonds is 3. The zero-order valence-electron chi connectivity index (χ0n) is 14.9. The second-order valence-electron chi connectivity index (χ2n) is 6.39. The maximum Gasteiger partial charge on any atom is 0.231 e. The van der Waals surface area contributed by atoms with Gasteiger partial charge in [0.15, 0.2) is 11.5 Å². The molecule has 0 atom stereocenters. The lowest BCUT2D eigenvalue weighted by molar-refractivity contribution is 0.174. The quantitative estimate of drug-likeness (QED) is 0.385. The van der Waals surface area contributed by atoms with Gasteiger partial charge in [0.2, 0.25) is 6.79 Å². The molecule has 2 heterocycles. The molecule has 0 unspecified atom stereocenters. The molecule has 0 amide bonds. The van der Waals surface area contributed by atoms with E-state index < -0.39 is 0 Å². The summed E-state index contributed by atoms with van der Waals surface area (Å²) in [5.74, 6) is 1.52. The first-order chi connectivity index (χ1) is 12.5. The molecule has 1 aliphatic rings. The van der Waals surface area contributed by atoms with E-state index in [0.29, 0.717) is 0 Å². The Morgan fingerprint density at radius 3 is 2.62 bits per heavy atom. The Hall–Kier alpha value is -2.28. The number of fused-ring (bicyclic) bond motifs is 1. The number of benzene rings is 2. The van der Waals surface area contributed by atoms with E-state index in [2.05, 4.69) is 77.2 Å². The third-order valence-corrected chi connectivity index (χ3v) is 5.79. The molecule has 5 heteroatoms.